The molecule has 4 rings (SSSR count). The number of aliphatic imine (C=N–C) groups is 1. The average molecular weight is 538 g/mol. The Labute approximate surface area is 203 Å². The fourth-order valence-electron chi connectivity index (χ4n) is 4.06. The van der Waals surface area contributed by atoms with E-state index in [4.69, 9.17) is 14.1 Å². The summed E-state index contributed by atoms with van der Waals surface area (Å²) < 4.78 is 11.0. The van der Waals surface area contributed by atoms with Gasteiger partial charge in [0.05, 0.1) is 12.9 Å². The third-order valence-electron chi connectivity index (χ3n) is 6.19. The van der Waals surface area contributed by atoms with Gasteiger partial charge in [-0.2, -0.15) is 0 Å². The summed E-state index contributed by atoms with van der Waals surface area (Å²) in [6.07, 6.45) is 3.71. The van der Waals surface area contributed by atoms with Crippen LogP contribution in [-0.4, -0.2) is 63.3 Å². The number of piperazine rings is 1. The van der Waals surface area contributed by atoms with Gasteiger partial charge in [-0.05, 0) is 55.7 Å². The number of nitrogens with zero attached hydrogens (tertiary/aromatic N) is 3. The summed E-state index contributed by atoms with van der Waals surface area (Å²) in [5.74, 6) is 2.57. The van der Waals surface area contributed by atoms with Crippen LogP contribution in [0.25, 0.3) is 0 Å². The van der Waals surface area contributed by atoms with Crippen LogP contribution in [0.5, 0.6) is 0 Å². The molecule has 0 amide bonds. The topological polar surface area (TPSA) is 53.2 Å². The first-order chi connectivity index (χ1) is 14.7. The molecule has 31 heavy (non-hydrogen) atoms. The summed E-state index contributed by atoms with van der Waals surface area (Å²) in [4.78, 5) is 9.85. The van der Waals surface area contributed by atoms with Gasteiger partial charge in [-0.1, -0.05) is 6.07 Å². The molecule has 2 aliphatic rings. The maximum atomic E-state index is 5.52. The molecule has 2 saturated heterocycles. The van der Waals surface area contributed by atoms with Gasteiger partial charge in [-0.25, -0.2) is 0 Å². The second-order valence-corrected chi connectivity index (χ2v) is 8.39. The van der Waals surface area contributed by atoms with E-state index in [2.05, 4.69) is 47.2 Å². The monoisotopic (exact) mass is 538 g/mol. The molecule has 2 fully saturated rings. The molecule has 1 unspecified atom stereocenters. The number of anilines is 1. The fourth-order valence-corrected chi connectivity index (χ4v) is 4.06. The largest absolute Gasteiger partial charge is 0.469 e. The quantitative estimate of drug-likeness (QED) is 0.344. The number of ether oxygens (including phenoxy) is 1. The lowest BCUT2D eigenvalue weighted by molar-refractivity contribution is 0.187. The minimum absolute atomic E-state index is 0. The van der Waals surface area contributed by atoms with E-state index in [9.17, 15) is 0 Å². The number of hydrogen-bond donors (Lipinski definition) is 1. The summed E-state index contributed by atoms with van der Waals surface area (Å²) in [5.41, 5.74) is 4.03. The molecular weight excluding hydrogens is 503 g/mol. The Morgan fingerprint density at radius 2 is 1.97 bits per heavy atom. The molecule has 0 saturated carbocycles. The lowest BCUT2D eigenvalue weighted by atomic mass is 10.1. The number of rotatable bonds is 6. The highest BCUT2D eigenvalue weighted by Gasteiger charge is 2.21. The van der Waals surface area contributed by atoms with Gasteiger partial charge in [0.1, 0.15) is 5.76 Å². The zero-order chi connectivity index (χ0) is 20.8. The lowest BCUT2D eigenvalue weighted by Crippen LogP contribution is -2.53. The van der Waals surface area contributed by atoms with Gasteiger partial charge in [-0.15, -0.1) is 24.0 Å². The van der Waals surface area contributed by atoms with Gasteiger partial charge in [0.2, 0.25) is 0 Å². The zero-order valence-electron chi connectivity index (χ0n) is 18.7. The van der Waals surface area contributed by atoms with Crippen molar-refractivity contribution in [3.63, 3.8) is 0 Å². The van der Waals surface area contributed by atoms with Gasteiger partial charge in [0, 0.05) is 63.9 Å². The van der Waals surface area contributed by atoms with E-state index in [-0.39, 0.29) is 24.0 Å². The predicted octanol–water partition coefficient (Wildman–Crippen LogP) is 3.86. The van der Waals surface area contributed by atoms with Crippen molar-refractivity contribution in [2.45, 2.75) is 26.7 Å². The van der Waals surface area contributed by atoms with Crippen LogP contribution >= 0.6 is 24.0 Å². The molecule has 3 heterocycles. The number of hydrogen-bond acceptors (Lipinski definition) is 4. The van der Waals surface area contributed by atoms with Crippen LogP contribution in [0.4, 0.5) is 5.69 Å². The molecule has 0 spiro atoms. The molecule has 1 aromatic heterocycles. The molecule has 0 aliphatic carbocycles. The summed E-state index contributed by atoms with van der Waals surface area (Å²) in [6, 6.07) is 10.7. The molecule has 7 heteroatoms. The molecular formula is C24H35IN4O2. The summed E-state index contributed by atoms with van der Waals surface area (Å²) in [5, 5.41) is 3.58. The van der Waals surface area contributed by atoms with E-state index in [0.717, 1.165) is 77.0 Å². The smallest absolute Gasteiger partial charge is 0.194 e. The number of nitrogens with one attached hydrogen (secondary N) is 1. The van der Waals surface area contributed by atoms with Crippen molar-refractivity contribution in [3.8, 4) is 0 Å². The van der Waals surface area contributed by atoms with E-state index in [1.165, 1.54) is 16.8 Å². The van der Waals surface area contributed by atoms with Crippen molar-refractivity contribution in [1.82, 2.24) is 10.2 Å². The van der Waals surface area contributed by atoms with Crippen LogP contribution in [0.2, 0.25) is 0 Å². The van der Waals surface area contributed by atoms with Crippen LogP contribution in [-0.2, 0) is 11.2 Å². The fraction of sp³-hybridized carbons (Fsp3) is 0.542. The number of halogens is 1. The summed E-state index contributed by atoms with van der Waals surface area (Å²) in [6.45, 7) is 11.7. The third-order valence-corrected chi connectivity index (χ3v) is 6.19. The van der Waals surface area contributed by atoms with Crippen molar-refractivity contribution < 1.29 is 9.15 Å². The minimum Gasteiger partial charge on any atom is -0.469 e. The highest BCUT2D eigenvalue weighted by Crippen LogP contribution is 2.20. The normalized spacial score (nSPS) is 19.4. The summed E-state index contributed by atoms with van der Waals surface area (Å²) in [7, 11) is 0. The molecule has 170 valence electrons. The predicted molar refractivity (Wildman–Crippen MR) is 137 cm³/mol. The minimum atomic E-state index is 0. The number of guanidine groups is 1. The van der Waals surface area contributed by atoms with Gasteiger partial charge in [0.15, 0.2) is 5.96 Å². The molecule has 2 aliphatic heterocycles. The standard InChI is InChI=1S/C24H34N4O2.HI/c1-19-5-6-22(16-20(19)2)27-10-12-28(13-11-27)24(26-17-21-8-15-29-18-21)25-9-7-23-4-3-14-30-23;/h3-6,14,16,21H,7-13,15,17-18H2,1-2H3,(H,25,26);1H. The SMILES string of the molecule is Cc1ccc(N2CCN(C(=NCC3CCOC3)NCCc3ccco3)CC2)cc1C.I. The van der Waals surface area contributed by atoms with Gasteiger partial charge in [-0.3, -0.25) is 4.99 Å². The second-order valence-electron chi connectivity index (χ2n) is 8.39. The molecule has 1 atom stereocenters. The van der Waals surface area contributed by atoms with Crippen molar-refractivity contribution >= 4 is 35.6 Å². The van der Waals surface area contributed by atoms with E-state index in [0.29, 0.717) is 5.92 Å². The molecule has 0 radical (unpaired) electrons. The van der Waals surface area contributed by atoms with Crippen molar-refractivity contribution in [1.29, 1.82) is 0 Å². The van der Waals surface area contributed by atoms with Crippen LogP contribution in [0.3, 0.4) is 0 Å². The molecule has 0 bridgehead atoms. The third kappa shape index (κ3) is 6.62. The Morgan fingerprint density at radius 1 is 1.13 bits per heavy atom. The summed E-state index contributed by atoms with van der Waals surface area (Å²) >= 11 is 0. The van der Waals surface area contributed by atoms with Crippen LogP contribution in [0.15, 0.2) is 46.0 Å². The van der Waals surface area contributed by atoms with Crippen molar-refractivity contribution in [2.75, 3.05) is 57.4 Å². The van der Waals surface area contributed by atoms with Crippen molar-refractivity contribution in [2.24, 2.45) is 10.9 Å². The van der Waals surface area contributed by atoms with Crippen molar-refractivity contribution in [3.05, 3.63) is 53.5 Å². The molecule has 1 N–H and O–H groups in total. The second kappa shape index (κ2) is 11.8. The van der Waals surface area contributed by atoms with E-state index in [1.807, 2.05) is 12.1 Å². The number of benzene rings is 1. The maximum Gasteiger partial charge on any atom is 0.194 e. The van der Waals surface area contributed by atoms with Crippen LogP contribution in [0, 0.1) is 19.8 Å². The number of furan rings is 1. The average Bonchev–Trinajstić information content (AvgIpc) is 3.47. The first-order valence-electron chi connectivity index (χ1n) is 11.1. The van der Waals surface area contributed by atoms with Gasteiger partial charge in [0.25, 0.3) is 0 Å². The van der Waals surface area contributed by atoms with E-state index in [1.54, 1.807) is 6.26 Å². The number of aryl methyl sites for hydroxylation is 2. The Hall–Kier alpha value is -1.74. The van der Waals surface area contributed by atoms with E-state index < -0.39 is 0 Å². The Kier molecular flexibility index (Phi) is 9.07. The molecule has 1 aromatic carbocycles. The van der Waals surface area contributed by atoms with Gasteiger partial charge < -0.3 is 24.3 Å². The van der Waals surface area contributed by atoms with Gasteiger partial charge >= 0.3 is 0 Å². The lowest BCUT2D eigenvalue weighted by Gasteiger charge is -2.38. The highest BCUT2D eigenvalue weighted by atomic mass is 127. The maximum absolute atomic E-state index is 5.52. The zero-order valence-corrected chi connectivity index (χ0v) is 21.0. The van der Waals surface area contributed by atoms with Crippen LogP contribution in [0.1, 0.15) is 23.3 Å². The Bertz CT molecular complexity index is 826. The highest BCUT2D eigenvalue weighted by molar-refractivity contribution is 14.0. The Morgan fingerprint density at radius 3 is 2.65 bits per heavy atom. The first kappa shape index (κ1) is 23.9. The van der Waals surface area contributed by atoms with Crippen LogP contribution < -0.4 is 10.2 Å². The Balaban J connectivity index is 0.00000272. The first-order valence-corrected chi connectivity index (χ1v) is 11.1. The van der Waals surface area contributed by atoms with E-state index >= 15 is 0 Å². The molecule has 2 aromatic rings. The molecule has 6 nitrogen and oxygen atoms in total.